The molecule has 0 aromatic heterocycles. The Morgan fingerprint density at radius 3 is 2.59 bits per heavy atom. The van der Waals surface area contributed by atoms with Crippen LogP contribution in [0, 0.1) is 5.92 Å². The van der Waals surface area contributed by atoms with Gasteiger partial charge in [-0.25, -0.2) is 9.69 Å². The summed E-state index contributed by atoms with van der Waals surface area (Å²) in [5.74, 6) is -1.10. The molecule has 1 saturated heterocycles. The first kappa shape index (κ1) is 21.9. The summed E-state index contributed by atoms with van der Waals surface area (Å²) in [6.45, 7) is 2.01. The second kappa shape index (κ2) is 8.13. The lowest BCUT2D eigenvalue weighted by Crippen LogP contribution is -2.47. The maximum Gasteiger partial charge on any atom is 0.418 e. The molecule has 1 aliphatic heterocycles. The van der Waals surface area contributed by atoms with Crippen LogP contribution in [0.5, 0.6) is 0 Å². The molecule has 1 heterocycles. The van der Waals surface area contributed by atoms with Crippen molar-refractivity contribution in [2.24, 2.45) is 11.7 Å². The molecule has 0 bridgehead atoms. The van der Waals surface area contributed by atoms with Crippen molar-refractivity contribution < 1.29 is 23.9 Å². The van der Waals surface area contributed by atoms with E-state index in [-0.39, 0.29) is 17.5 Å². The lowest BCUT2D eigenvalue weighted by molar-refractivity contribution is -0.141. The van der Waals surface area contributed by atoms with E-state index >= 15 is 0 Å². The standard InChI is InChI=1S/C26H25N3O5/c1-16(18-7-8-18)28(14-17-5-3-2-4-6-17)22(30)15-29-24(32)26(34-25(29)33)12-11-19-13-20(23(27)31)9-10-21(19)26/h2-6,9-13,16,18H,7-8,14-15H2,1H3,(H2,27,31). The summed E-state index contributed by atoms with van der Waals surface area (Å²) in [6, 6.07) is 14.2. The molecule has 4 amide bonds. The van der Waals surface area contributed by atoms with E-state index in [4.69, 9.17) is 10.5 Å². The minimum Gasteiger partial charge on any atom is -0.423 e. The minimum atomic E-state index is -1.63. The highest BCUT2D eigenvalue weighted by molar-refractivity contribution is 6.09. The van der Waals surface area contributed by atoms with Gasteiger partial charge in [-0.1, -0.05) is 42.5 Å². The highest BCUT2D eigenvalue weighted by Gasteiger charge is 2.56. The fourth-order valence-electron chi connectivity index (χ4n) is 4.72. The predicted octanol–water partition coefficient (Wildman–Crippen LogP) is 2.81. The predicted molar refractivity (Wildman–Crippen MR) is 123 cm³/mol. The number of carbonyl (C=O) groups is 4. The molecule has 2 unspecified atom stereocenters. The van der Waals surface area contributed by atoms with Gasteiger partial charge in [0.15, 0.2) is 0 Å². The van der Waals surface area contributed by atoms with Crippen LogP contribution in [0.2, 0.25) is 0 Å². The van der Waals surface area contributed by atoms with Gasteiger partial charge in [-0.05, 0) is 55.0 Å². The molecule has 8 heteroatoms. The van der Waals surface area contributed by atoms with E-state index in [0.717, 1.165) is 23.3 Å². The number of primary amides is 1. The molecule has 34 heavy (non-hydrogen) atoms. The first-order valence-corrected chi connectivity index (χ1v) is 11.3. The summed E-state index contributed by atoms with van der Waals surface area (Å²) in [7, 11) is 0. The van der Waals surface area contributed by atoms with Crippen LogP contribution in [-0.4, -0.2) is 46.2 Å². The van der Waals surface area contributed by atoms with Crippen LogP contribution >= 0.6 is 0 Å². The van der Waals surface area contributed by atoms with Gasteiger partial charge in [-0.3, -0.25) is 14.4 Å². The lowest BCUT2D eigenvalue weighted by Gasteiger charge is -2.30. The van der Waals surface area contributed by atoms with E-state index in [2.05, 4.69) is 0 Å². The molecule has 174 valence electrons. The highest BCUT2D eigenvalue weighted by atomic mass is 16.6. The summed E-state index contributed by atoms with van der Waals surface area (Å²) in [5.41, 5.74) is 5.99. The fourth-order valence-corrected chi connectivity index (χ4v) is 4.72. The van der Waals surface area contributed by atoms with Crippen molar-refractivity contribution in [2.75, 3.05) is 6.54 Å². The topological polar surface area (TPSA) is 110 Å². The quantitative estimate of drug-likeness (QED) is 0.685. The lowest BCUT2D eigenvalue weighted by atomic mass is 9.93. The zero-order valence-corrected chi connectivity index (χ0v) is 18.8. The molecule has 2 aromatic rings. The zero-order valence-electron chi connectivity index (χ0n) is 18.8. The Bertz CT molecular complexity index is 1220. The molecule has 1 saturated carbocycles. The molecule has 5 rings (SSSR count). The van der Waals surface area contributed by atoms with Gasteiger partial charge >= 0.3 is 6.09 Å². The molecule has 1 spiro atoms. The number of benzene rings is 2. The van der Waals surface area contributed by atoms with Gasteiger partial charge in [0.25, 0.3) is 5.91 Å². The van der Waals surface area contributed by atoms with Crippen LogP contribution in [0.25, 0.3) is 6.08 Å². The number of imide groups is 1. The Morgan fingerprint density at radius 2 is 1.91 bits per heavy atom. The summed E-state index contributed by atoms with van der Waals surface area (Å²) in [6.07, 6.45) is 4.36. The number of amides is 4. The second-order valence-electron chi connectivity index (χ2n) is 9.08. The van der Waals surface area contributed by atoms with Crippen molar-refractivity contribution in [1.82, 2.24) is 9.80 Å². The molecule has 2 aliphatic carbocycles. The molecule has 2 atom stereocenters. The third-order valence-corrected chi connectivity index (χ3v) is 6.87. The number of rotatable bonds is 7. The molecular formula is C26H25N3O5. The van der Waals surface area contributed by atoms with E-state index < -0.39 is 30.1 Å². The summed E-state index contributed by atoms with van der Waals surface area (Å²) < 4.78 is 5.54. The van der Waals surface area contributed by atoms with Gasteiger partial charge in [-0.2, -0.15) is 0 Å². The van der Waals surface area contributed by atoms with Crippen molar-refractivity contribution >= 4 is 29.9 Å². The SMILES string of the molecule is CC(C1CC1)N(Cc1ccccc1)C(=O)CN1C(=O)OC2(C=Cc3cc(C(N)=O)ccc32)C1=O. The van der Waals surface area contributed by atoms with Crippen LogP contribution < -0.4 is 5.73 Å². The zero-order chi connectivity index (χ0) is 24.0. The van der Waals surface area contributed by atoms with Gasteiger partial charge in [0.2, 0.25) is 17.4 Å². The van der Waals surface area contributed by atoms with Crippen molar-refractivity contribution in [3.8, 4) is 0 Å². The molecular weight excluding hydrogens is 434 g/mol. The third kappa shape index (κ3) is 3.65. The van der Waals surface area contributed by atoms with Crippen LogP contribution in [0.4, 0.5) is 4.79 Å². The number of ether oxygens (including phenoxy) is 1. The van der Waals surface area contributed by atoms with E-state index in [1.165, 1.54) is 12.1 Å². The van der Waals surface area contributed by atoms with Crippen molar-refractivity contribution in [3.05, 3.63) is 76.9 Å². The van der Waals surface area contributed by atoms with E-state index in [1.54, 1.807) is 23.1 Å². The van der Waals surface area contributed by atoms with Gasteiger partial charge in [0.05, 0.1) is 0 Å². The number of fused-ring (bicyclic) bond motifs is 2. The second-order valence-corrected chi connectivity index (χ2v) is 9.08. The van der Waals surface area contributed by atoms with Crippen molar-refractivity contribution in [3.63, 3.8) is 0 Å². The maximum atomic E-state index is 13.4. The smallest absolute Gasteiger partial charge is 0.418 e. The molecule has 3 aliphatic rings. The Kier molecular flexibility index (Phi) is 5.23. The Morgan fingerprint density at radius 1 is 1.18 bits per heavy atom. The average molecular weight is 460 g/mol. The van der Waals surface area contributed by atoms with Crippen LogP contribution in [-0.2, 0) is 26.5 Å². The number of nitrogens with two attached hydrogens (primary N) is 1. The first-order chi connectivity index (χ1) is 16.3. The van der Waals surface area contributed by atoms with Gasteiger partial charge in [0.1, 0.15) is 6.54 Å². The Labute approximate surface area is 197 Å². The number of carbonyl (C=O) groups excluding carboxylic acids is 4. The normalized spacial score (nSPS) is 21.5. The Balaban J connectivity index is 1.38. The summed E-state index contributed by atoms with van der Waals surface area (Å²) in [5, 5.41) is 0. The van der Waals surface area contributed by atoms with Gasteiger partial charge in [0, 0.05) is 23.7 Å². The van der Waals surface area contributed by atoms with Crippen LogP contribution in [0.1, 0.15) is 46.8 Å². The molecule has 2 aromatic carbocycles. The first-order valence-electron chi connectivity index (χ1n) is 11.3. The van der Waals surface area contributed by atoms with Gasteiger partial charge < -0.3 is 15.4 Å². The summed E-state index contributed by atoms with van der Waals surface area (Å²) >= 11 is 0. The van der Waals surface area contributed by atoms with Crippen LogP contribution in [0.15, 0.2) is 54.6 Å². The fraction of sp³-hybridized carbons (Fsp3) is 0.308. The molecule has 0 radical (unpaired) electrons. The van der Waals surface area contributed by atoms with Crippen LogP contribution in [0.3, 0.4) is 0 Å². The van der Waals surface area contributed by atoms with Gasteiger partial charge in [-0.15, -0.1) is 0 Å². The number of hydrogen-bond donors (Lipinski definition) is 1. The minimum absolute atomic E-state index is 0.00489. The van der Waals surface area contributed by atoms with E-state index in [0.29, 0.717) is 23.6 Å². The monoisotopic (exact) mass is 459 g/mol. The maximum absolute atomic E-state index is 13.4. The molecule has 8 nitrogen and oxygen atoms in total. The Hall–Kier alpha value is -3.94. The average Bonchev–Trinajstić information content (AvgIpc) is 3.58. The number of hydrogen-bond acceptors (Lipinski definition) is 5. The largest absolute Gasteiger partial charge is 0.423 e. The molecule has 2 N–H and O–H groups in total. The highest BCUT2D eigenvalue weighted by Crippen LogP contribution is 2.43. The van der Waals surface area contributed by atoms with E-state index in [1.807, 2.05) is 37.3 Å². The van der Waals surface area contributed by atoms with E-state index in [9.17, 15) is 19.2 Å². The third-order valence-electron chi connectivity index (χ3n) is 6.87. The summed E-state index contributed by atoms with van der Waals surface area (Å²) in [4.78, 5) is 53.7. The molecule has 2 fully saturated rings. The van der Waals surface area contributed by atoms with Crippen molar-refractivity contribution in [2.45, 2.75) is 38.0 Å². The van der Waals surface area contributed by atoms with Crippen molar-refractivity contribution in [1.29, 1.82) is 0 Å². The number of nitrogens with zero attached hydrogens (tertiary/aromatic N) is 2.